The Labute approximate surface area is 171 Å². The van der Waals surface area contributed by atoms with Crippen LogP contribution in [0.2, 0.25) is 0 Å². The number of amides is 1. The molecule has 2 heterocycles. The topological polar surface area (TPSA) is 68.5 Å². The third-order valence-electron chi connectivity index (χ3n) is 4.36. The Hall–Kier alpha value is -3.36. The summed E-state index contributed by atoms with van der Waals surface area (Å²) in [6.45, 7) is 2.17. The molecule has 30 heavy (non-hydrogen) atoms. The predicted molar refractivity (Wildman–Crippen MR) is 102 cm³/mol. The summed E-state index contributed by atoms with van der Waals surface area (Å²) in [5.74, 6) is -0.118. The van der Waals surface area contributed by atoms with Gasteiger partial charge in [-0.2, -0.15) is 13.2 Å². The van der Waals surface area contributed by atoms with Crippen LogP contribution in [-0.4, -0.2) is 28.0 Å². The molecule has 0 spiro atoms. The average Bonchev–Trinajstić information content (AvgIpc) is 3.21. The lowest BCUT2D eigenvalue weighted by Gasteiger charge is -2.15. The van der Waals surface area contributed by atoms with Gasteiger partial charge in [0.1, 0.15) is 12.4 Å². The molecule has 0 saturated carbocycles. The number of carbonyl (C=O) groups excluding carboxylic acids is 1. The van der Waals surface area contributed by atoms with Crippen molar-refractivity contribution in [3.05, 3.63) is 76.9 Å². The van der Waals surface area contributed by atoms with Crippen molar-refractivity contribution in [2.45, 2.75) is 32.7 Å². The van der Waals surface area contributed by atoms with Crippen LogP contribution in [0.15, 0.2) is 53.2 Å². The molecule has 0 atom stereocenters. The third kappa shape index (κ3) is 5.37. The summed E-state index contributed by atoms with van der Waals surface area (Å²) < 4.78 is 48.7. The monoisotopic (exact) mass is 419 g/mol. The molecular weight excluding hydrogens is 399 g/mol. The SMILES string of the molecule is CCc1ccc(CN(C)C(=O)c2cc(COc3cccc(C(F)(F)F)c3)on2)nc1. The first-order valence-corrected chi connectivity index (χ1v) is 9.21. The predicted octanol–water partition coefficient (Wildman–Crippen LogP) is 4.50. The molecule has 6 nitrogen and oxygen atoms in total. The van der Waals surface area contributed by atoms with Crippen molar-refractivity contribution in [2.24, 2.45) is 0 Å². The van der Waals surface area contributed by atoms with Crippen molar-refractivity contribution in [3.8, 4) is 5.75 Å². The van der Waals surface area contributed by atoms with Crippen LogP contribution in [0.3, 0.4) is 0 Å². The molecule has 0 saturated heterocycles. The van der Waals surface area contributed by atoms with Crippen molar-refractivity contribution in [2.75, 3.05) is 7.05 Å². The first-order valence-electron chi connectivity index (χ1n) is 9.21. The van der Waals surface area contributed by atoms with E-state index in [1.165, 1.54) is 23.1 Å². The number of hydrogen-bond acceptors (Lipinski definition) is 5. The average molecular weight is 419 g/mol. The lowest BCUT2D eigenvalue weighted by molar-refractivity contribution is -0.137. The molecule has 158 valence electrons. The molecular formula is C21H20F3N3O3. The van der Waals surface area contributed by atoms with Crippen molar-refractivity contribution < 1.29 is 27.2 Å². The number of hydrogen-bond donors (Lipinski definition) is 0. The zero-order chi connectivity index (χ0) is 21.7. The normalized spacial score (nSPS) is 11.4. The van der Waals surface area contributed by atoms with E-state index in [9.17, 15) is 18.0 Å². The van der Waals surface area contributed by atoms with Gasteiger partial charge in [-0.05, 0) is 36.2 Å². The molecule has 2 aromatic heterocycles. The number of nitrogens with zero attached hydrogens (tertiary/aromatic N) is 3. The van der Waals surface area contributed by atoms with Crippen LogP contribution in [-0.2, 0) is 25.7 Å². The van der Waals surface area contributed by atoms with Gasteiger partial charge >= 0.3 is 6.18 Å². The van der Waals surface area contributed by atoms with Crippen LogP contribution in [0.5, 0.6) is 5.75 Å². The van der Waals surface area contributed by atoms with Gasteiger partial charge in [-0.3, -0.25) is 9.78 Å². The Bertz CT molecular complexity index is 1000. The Balaban J connectivity index is 1.59. The Morgan fingerprint density at radius 1 is 1.20 bits per heavy atom. The number of ether oxygens (including phenoxy) is 1. The maximum Gasteiger partial charge on any atom is 0.416 e. The van der Waals surface area contributed by atoms with Crippen LogP contribution in [0.25, 0.3) is 0 Å². The van der Waals surface area contributed by atoms with Gasteiger partial charge in [0.05, 0.1) is 17.8 Å². The van der Waals surface area contributed by atoms with E-state index in [0.717, 1.165) is 29.8 Å². The van der Waals surface area contributed by atoms with E-state index in [4.69, 9.17) is 9.26 Å². The lowest BCUT2D eigenvalue weighted by Crippen LogP contribution is -2.26. The summed E-state index contributed by atoms with van der Waals surface area (Å²) in [4.78, 5) is 18.3. The number of rotatable bonds is 7. The maximum atomic E-state index is 12.8. The fourth-order valence-electron chi connectivity index (χ4n) is 2.67. The van der Waals surface area contributed by atoms with E-state index in [0.29, 0.717) is 6.54 Å². The number of pyridine rings is 1. The first-order chi connectivity index (χ1) is 14.3. The molecule has 0 radical (unpaired) electrons. The molecule has 3 rings (SSSR count). The zero-order valence-corrected chi connectivity index (χ0v) is 16.4. The molecule has 0 aliphatic rings. The second kappa shape index (κ2) is 8.98. The number of aryl methyl sites for hydroxylation is 1. The second-order valence-corrected chi connectivity index (χ2v) is 6.67. The summed E-state index contributed by atoms with van der Waals surface area (Å²) in [5, 5.41) is 3.73. The summed E-state index contributed by atoms with van der Waals surface area (Å²) >= 11 is 0. The van der Waals surface area contributed by atoms with Gasteiger partial charge in [-0.15, -0.1) is 0 Å². The zero-order valence-electron chi connectivity index (χ0n) is 16.4. The number of benzene rings is 1. The minimum atomic E-state index is -4.46. The summed E-state index contributed by atoms with van der Waals surface area (Å²) in [6.07, 6.45) is -1.80. The number of carbonyl (C=O) groups is 1. The smallest absolute Gasteiger partial charge is 0.416 e. The fourth-order valence-corrected chi connectivity index (χ4v) is 2.67. The molecule has 0 N–H and O–H groups in total. The Morgan fingerprint density at radius 3 is 2.67 bits per heavy atom. The van der Waals surface area contributed by atoms with Gasteiger partial charge < -0.3 is 14.2 Å². The van der Waals surface area contributed by atoms with Crippen molar-refractivity contribution in [1.29, 1.82) is 0 Å². The standard InChI is InChI=1S/C21H20F3N3O3/c1-3-14-7-8-16(25-11-14)12-27(2)20(28)19-10-18(30-26-19)13-29-17-6-4-5-15(9-17)21(22,23)24/h4-11H,3,12-13H2,1-2H3. The van der Waals surface area contributed by atoms with Gasteiger partial charge in [0.2, 0.25) is 0 Å². The van der Waals surface area contributed by atoms with Gasteiger partial charge in [-0.25, -0.2) is 0 Å². The van der Waals surface area contributed by atoms with Crippen LogP contribution < -0.4 is 4.74 Å². The van der Waals surface area contributed by atoms with Gasteiger partial charge in [0.15, 0.2) is 11.5 Å². The van der Waals surface area contributed by atoms with E-state index in [2.05, 4.69) is 10.1 Å². The highest BCUT2D eigenvalue weighted by Gasteiger charge is 2.30. The first kappa shape index (κ1) is 21.4. The van der Waals surface area contributed by atoms with Gasteiger partial charge in [0, 0.05) is 19.3 Å². The van der Waals surface area contributed by atoms with Gasteiger partial charge in [0.25, 0.3) is 5.91 Å². The quantitative estimate of drug-likeness (QED) is 0.564. The molecule has 0 bridgehead atoms. The van der Waals surface area contributed by atoms with Crippen LogP contribution in [0.1, 0.15) is 40.0 Å². The molecule has 1 aromatic carbocycles. The highest BCUT2D eigenvalue weighted by molar-refractivity contribution is 5.92. The minimum absolute atomic E-state index is 0.0350. The van der Waals surface area contributed by atoms with Crippen molar-refractivity contribution in [1.82, 2.24) is 15.0 Å². The van der Waals surface area contributed by atoms with E-state index >= 15 is 0 Å². The molecule has 0 aliphatic carbocycles. The highest BCUT2D eigenvalue weighted by Crippen LogP contribution is 2.31. The van der Waals surface area contributed by atoms with Crippen LogP contribution in [0.4, 0.5) is 13.2 Å². The van der Waals surface area contributed by atoms with E-state index < -0.39 is 11.7 Å². The van der Waals surface area contributed by atoms with Gasteiger partial charge in [-0.1, -0.05) is 24.2 Å². The van der Waals surface area contributed by atoms with Crippen molar-refractivity contribution in [3.63, 3.8) is 0 Å². The third-order valence-corrected chi connectivity index (χ3v) is 4.36. The number of halogens is 3. The summed E-state index contributed by atoms with van der Waals surface area (Å²) in [5.41, 5.74) is 1.11. The number of aromatic nitrogens is 2. The molecule has 0 fully saturated rings. The van der Waals surface area contributed by atoms with Crippen molar-refractivity contribution >= 4 is 5.91 Å². The summed E-state index contributed by atoms with van der Waals surface area (Å²) in [6, 6.07) is 9.73. The molecule has 1 amide bonds. The Morgan fingerprint density at radius 2 is 2.00 bits per heavy atom. The van der Waals surface area contributed by atoms with E-state index in [1.54, 1.807) is 13.2 Å². The highest BCUT2D eigenvalue weighted by atomic mass is 19.4. The van der Waals surface area contributed by atoms with E-state index in [1.807, 2.05) is 19.1 Å². The van der Waals surface area contributed by atoms with E-state index in [-0.39, 0.29) is 29.7 Å². The second-order valence-electron chi connectivity index (χ2n) is 6.67. The molecule has 9 heteroatoms. The molecule has 3 aromatic rings. The molecule has 0 aliphatic heterocycles. The Kier molecular flexibility index (Phi) is 6.39. The minimum Gasteiger partial charge on any atom is -0.486 e. The molecule has 0 unspecified atom stereocenters. The van der Waals surface area contributed by atoms with Crippen LogP contribution in [0, 0.1) is 0 Å². The lowest BCUT2D eigenvalue weighted by atomic mass is 10.2. The van der Waals surface area contributed by atoms with Crippen LogP contribution >= 0.6 is 0 Å². The maximum absolute atomic E-state index is 12.8. The largest absolute Gasteiger partial charge is 0.486 e. The number of alkyl halides is 3. The fraction of sp³-hybridized carbons (Fsp3) is 0.286. The summed E-state index contributed by atoms with van der Waals surface area (Å²) in [7, 11) is 1.62.